The van der Waals surface area contributed by atoms with Gasteiger partial charge in [-0.15, -0.1) is 0 Å². The third-order valence-electron chi connectivity index (χ3n) is 3.00. The zero-order valence-corrected chi connectivity index (χ0v) is 11.2. The maximum atomic E-state index is 13.3. The number of rotatable bonds is 5. The molecule has 5 nitrogen and oxygen atoms in total. The van der Waals surface area contributed by atoms with Gasteiger partial charge >= 0.3 is 5.69 Å². The summed E-state index contributed by atoms with van der Waals surface area (Å²) in [5.41, 5.74) is 0.411. The molecule has 0 aliphatic heterocycles. The molecule has 0 aliphatic rings. The number of aromatic nitrogens is 1. The molecule has 1 atom stereocenters. The average Bonchev–Trinajstić information content (AvgIpc) is 2.47. The van der Waals surface area contributed by atoms with Crippen molar-refractivity contribution >= 4 is 11.4 Å². The van der Waals surface area contributed by atoms with Crippen LogP contribution in [0.3, 0.4) is 0 Å². The van der Waals surface area contributed by atoms with E-state index in [0.29, 0.717) is 17.8 Å². The topological polar surface area (TPSA) is 68.1 Å². The summed E-state index contributed by atoms with van der Waals surface area (Å²) < 4.78 is 26.2. The molecule has 7 heteroatoms. The van der Waals surface area contributed by atoms with Gasteiger partial charge in [-0.3, -0.25) is 15.1 Å². The van der Waals surface area contributed by atoms with Crippen LogP contribution in [0.25, 0.3) is 0 Å². The Morgan fingerprint density at radius 1 is 1.33 bits per heavy atom. The number of hydrogen-bond acceptors (Lipinski definition) is 4. The third kappa shape index (κ3) is 3.50. The normalized spacial score (nSPS) is 12.0. The van der Waals surface area contributed by atoms with E-state index in [-0.39, 0.29) is 6.04 Å². The molecule has 2 rings (SSSR count). The molecule has 0 saturated heterocycles. The van der Waals surface area contributed by atoms with Crippen molar-refractivity contribution in [2.45, 2.75) is 19.4 Å². The number of benzene rings is 1. The van der Waals surface area contributed by atoms with Crippen molar-refractivity contribution in [3.63, 3.8) is 0 Å². The summed E-state index contributed by atoms with van der Waals surface area (Å²) in [5, 5.41) is 13.8. The zero-order valence-electron chi connectivity index (χ0n) is 11.2. The first kappa shape index (κ1) is 14.8. The van der Waals surface area contributed by atoms with E-state index in [0.717, 1.165) is 18.3 Å². The summed E-state index contributed by atoms with van der Waals surface area (Å²) in [7, 11) is 0. The van der Waals surface area contributed by atoms with Gasteiger partial charge in [-0.05, 0) is 30.7 Å². The highest BCUT2D eigenvalue weighted by Crippen LogP contribution is 2.26. The minimum Gasteiger partial charge on any atom is -0.376 e. The predicted molar refractivity (Wildman–Crippen MR) is 73.9 cm³/mol. The van der Waals surface area contributed by atoms with E-state index in [4.69, 9.17) is 0 Å². The highest BCUT2D eigenvalue weighted by Gasteiger charge is 2.17. The van der Waals surface area contributed by atoms with E-state index in [1.54, 1.807) is 0 Å². The van der Waals surface area contributed by atoms with Crippen LogP contribution >= 0.6 is 0 Å². The summed E-state index contributed by atoms with van der Waals surface area (Å²) >= 11 is 0. The van der Waals surface area contributed by atoms with Gasteiger partial charge in [-0.1, -0.05) is 6.92 Å². The fraction of sp³-hybridized carbons (Fsp3) is 0.214. The number of nitrogens with zero attached hydrogens (tertiary/aromatic N) is 2. The van der Waals surface area contributed by atoms with Crippen LogP contribution < -0.4 is 5.32 Å². The first-order chi connectivity index (χ1) is 10.0. The Kier molecular flexibility index (Phi) is 4.42. The van der Waals surface area contributed by atoms with Crippen LogP contribution in [0, 0.1) is 21.7 Å². The Morgan fingerprint density at radius 2 is 2.10 bits per heavy atom. The summed E-state index contributed by atoms with van der Waals surface area (Å²) in [4.78, 5) is 13.9. The monoisotopic (exact) mass is 293 g/mol. The third-order valence-corrected chi connectivity index (χ3v) is 3.00. The number of hydrogen-bond donors (Lipinski definition) is 1. The van der Waals surface area contributed by atoms with E-state index >= 15 is 0 Å². The molecule has 0 radical (unpaired) electrons. The summed E-state index contributed by atoms with van der Waals surface area (Å²) in [6.07, 6.45) is 1.73. The standard InChI is InChI=1S/C14H13F2N3O2/c1-2-12(13-6-3-9(15)8-17-13)18-10-4-5-11(16)14(7-10)19(20)21/h3-8,12,18H,2H2,1H3. The average molecular weight is 293 g/mol. The van der Waals surface area contributed by atoms with Gasteiger partial charge in [-0.2, -0.15) is 4.39 Å². The fourth-order valence-electron chi connectivity index (χ4n) is 1.92. The lowest BCUT2D eigenvalue weighted by molar-refractivity contribution is -0.387. The first-order valence-electron chi connectivity index (χ1n) is 6.33. The number of anilines is 1. The Morgan fingerprint density at radius 3 is 2.67 bits per heavy atom. The Bertz CT molecular complexity index is 647. The molecule has 110 valence electrons. The summed E-state index contributed by atoms with van der Waals surface area (Å²) in [6, 6.07) is 6.14. The van der Waals surface area contributed by atoms with Crippen LogP contribution in [0.2, 0.25) is 0 Å². The molecule has 2 aromatic rings. The molecule has 0 amide bonds. The molecule has 21 heavy (non-hydrogen) atoms. The number of nitro groups is 1. The predicted octanol–water partition coefficient (Wildman–Crippen LogP) is 3.83. The van der Waals surface area contributed by atoms with Crippen LogP contribution in [0.1, 0.15) is 25.1 Å². The number of nitro benzene ring substituents is 1. The fourth-order valence-corrected chi connectivity index (χ4v) is 1.92. The molecule has 1 heterocycles. The maximum absolute atomic E-state index is 13.3. The van der Waals surface area contributed by atoms with Crippen LogP contribution in [0.4, 0.5) is 20.2 Å². The lowest BCUT2D eigenvalue weighted by atomic mass is 10.1. The molecular weight excluding hydrogens is 280 g/mol. The second kappa shape index (κ2) is 6.25. The minimum absolute atomic E-state index is 0.254. The van der Waals surface area contributed by atoms with Gasteiger partial charge in [0, 0.05) is 11.8 Å². The SMILES string of the molecule is CCC(Nc1ccc(F)c([N+](=O)[O-])c1)c1ccc(F)cn1. The van der Waals surface area contributed by atoms with Gasteiger partial charge in [0.05, 0.1) is 22.9 Å². The van der Waals surface area contributed by atoms with E-state index in [2.05, 4.69) is 10.3 Å². The summed E-state index contributed by atoms with van der Waals surface area (Å²) in [5.74, 6) is -1.33. The van der Waals surface area contributed by atoms with Gasteiger partial charge in [0.25, 0.3) is 0 Å². The Labute approximate surface area is 119 Å². The molecule has 1 aromatic carbocycles. The molecule has 0 fully saturated rings. The van der Waals surface area contributed by atoms with Gasteiger partial charge in [0.1, 0.15) is 5.82 Å². The van der Waals surface area contributed by atoms with Crippen molar-refractivity contribution in [2.75, 3.05) is 5.32 Å². The van der Waals surface area contributed by atoms with Gasteiger partial charge in [0.2, 0.25) is 5.82 Å². The maximum Gasteiger partial charge on any atom is 0.306 e. The Balaban J connectivity index is 2.24. The van der Waals surface area contributed by atoms with Crippen molar-refractivity contribution in [1.82, 2.24) is 4.98 Å². The van der Waals surface area contributed by atoms with E-state index in [1.165, 1.54) is 18.2 Å². The van der Waals surface area contributed by atoms with Crippen LogP contribution in [-0.2, 0) is 0 Å². The highest BCUT2D eigenvalue weighted by molar-refractivity contribution is 5.52. The van der Waals surface area contributed by atoms with Crippen LogP contribution in [-0.4, -0.2) is 9.91 Å². The highest BCUT2D eigenvalue weighted by atomic mass is 19.1. The van der Waals surface area contributed by atoms with Gasteiger partial charge in [-0.25, -0.2) is 4.39 Å². The molecule has 0 aliphatic carbocycles. The van der Waals surface area contributed by atoms with E-state index in [9.17, 15) is 18.9 Å². The van der Waals surface area contributed by atoms with Crippen molar-refractivity contribution in [1.29, 1.82) is 0 Å². The van der Waals surface area contributed by atoms with Gasteiger partial charge < -0.3 is 5.32 Å². The number of nitrogens with one attached hydrogen (secondary N) is 1. The number of pyridine rings is 1. The molecule has 0 spiro atoms. The molecule has 1 unspecified atom stereocenters. The molecular formula is C14H13F2N3O2. The van der Waals surface area contributed by atoms with Crippen LogP contribution in [0.5, 0.6) is 0 Å². The second-order valence-electron chi connectivity index (χ2n) is 4.43. The lowest BCUT2D eigenvalue weighted by Crippen LogP contribution is -2.11. The Hall–Kier alpha value is -2.57. The van der Waals surface area contributed by atoms with Crippen molar-refractivity contribution in [2.24, 2.45) is 0 Å². The smallest absolute Gasteiger partial charge is 0.306 e. The quantitative estimate of drug-likeness (QED) is 0.672. The molecule has 1 N–H and O–H groups in total. The summed E-state index contributed by atoms with van der Waals surface area (Å²) in [6.45, 7) is 1.89. The van der Waals surface area contributed by atoms with Crippen LogP contribution in [0.15, 0.2) is 36.5 Å². The first-order valence-corrected chi connectivity index (χ1v) is 6.33. The van der Waals surface area contributed by atoms with Crippen molar-refractivity contribution in [3.05, 3.63) is 64.0 Å². The zero-order chi connectivity index (χ0) is 15.4. The lowest BCUT2D eigenvalue weighted by Gasteiger charge is -2.17. The van der Waals surface area contributed by atoms with Gasteiger partial charge in [0.15, 0.2) is 0 Å². The molecule has 0 saturated carbocycles. The minimum atomic E-state index is -0.890. The van der Waals surface area contributed by atoms with Crippen molar-refractivity contribution < 1.29 is 13.7 Å². The second-order valence-corrected chi connectivity index (χ2v) is 4.43. The van der Waals surface area contributed by atoms with Crippen molar-refractivity contribution in [3.8, 4) is 0 Å². The van der Waals surface area contributed by atoms with E-state index in [1.807, 2.05) is 6.92 Å². The molecule has 0 bridgehead atoms. The largest absolute Gasteiger partial charge is 0.376 e. The molecule has 1 aromatic heterocycles. The number of halogens is 2. The van der Waals surface area contributed by atoms with E-state index < -0.39 is 22.2 Å².